The Kier molecular flexibility index (Phi) is 1.37. The van der Waals surface area contributed by atoms with E-state index in [1.54, 1.807) is 0 Å². The fourth-order valence-corrected chi connectivity index (χ4v) is 2.48. The highest BCUT2D eigenvalue weighted by Gasteiger charge is 2.35. The smallest absolute Gasteiger partial charge is 0.0675 e. The van der Waals surface area contributed by atoms with Crippen molar-refractivity contribution >= 4 is 0 Å². The van der Waals surface area contributed by atoms with Gasteiger partial charge in [-0.3, -0.25) is 4.68 Å². The quantitative estimate of drug-likeness (QED) is 0.701. The molecule has 0 bridgehead atoms. The van der Waals surface area contributed by atoms with Crippen molar-refractivity contribution in [2.24, 2.45) is 12.8 Å². The van der Waals surface area contributed by atoms with Gasteiger partial charge in [-0.15, -0.1) is 0 Å². The van der Waals surface area contributed by atoms with Gasteiger partial charge in [0.2, 0.25) is 0 Å². The van der Waals surface area contributed by atoms with Crippen molar-refractivity contribution in [2.75, 3.05) is 0 Å². The van der Waals surface area contributed by atoms with Crippen LogP contribution in [0.25, 0.3) is 0 Å². The standard InChI is InChI=1S/C10H15N3/c1-13-10(6-2-3-6)9-7(11)4-5-8(9)12-13/h6-7H,2-5,11H2,1H3. The molecule has 0 amide bonds. The summed E-state index contributed by atoms with van der Waals surface area (Å²) in [6.45, 7) is 0. The van der Waals surface area contributed by atoms with E-state index in [1.807, 2.05) is 0 Å². The second-order valence-electron chi connectivity index (χ2n) is 4.29. The summed E-state index contributed by atoms with van der Waals surface area (Å²) in [6, 6.07) is 0.263. The topological polar surface area (TPSA) is 43.8 Å². The lowest BCUT2D eigenvalue weighted by molar-refractivity contribution is 0.642. The van der Waals surface area contributed by atoms with Gasteiger partial charge in [-0.1, -0.05) is 0 Å². The second kappa shape index (κ2) is 2.35. The van der Waals surface area contributed by atoms with Crippen molar-refractivity contribution in [3.8, 4) is 0 Å². The molecule has 2 aliphatic rings. The summed E-state index contributed by atoms with van der Waals surface area (Å²) in [6.07, 6.45) is 4.84. The summed E-state index contributed by atoms with van der Waals surface area (Å²) in [5.41, 5.74) is 10.1. The minimum Gasteiger partial charge on any atom is -0.324 e. The molecule has 0 aromatic carbocycles. The van der Waals surface area contributed by atoms with Gasteiger partial charge in [0.15, 0.2) is 0 Å². The Labute approximate surface area is 77.9 Å². The molecule has 3 heteroatoms. The first-order valence-corrected chi connectivity index (χ1v) is 5.08. The third-order valence-electron chi connectivity index (χ3n) is 3.23. The summed E-state index contributed by atoms with van der Waals surface area (Å²) >= 11 is 0. The summed E-state index contributed by atoms with van der Waals surface area (Å²) in [4.78, 5) is 0. The van der Waals surface area contributed by atoms with Crippen LogP contribution in [0.1, 0.15) is 48.2 Å². The van der Waals surface area contributed by atoms with Crippen LogP contribution in [-0.4, -0.2) is 9.78 Å². The normalized spacial score (nSPS) is 26.5. The van der Waals surface area contributed by atoms with E-state index in [9.17, 15) is 0 Å². The zero-order chi connectivity index (χ0) is 9.00. The Morgan fingerprint density at radius 3 is 2.85 bits per heavy atom. The molecular formula is C10H15N3. The predicted molar refractivity (Wildman–Crippen MR) is 50.4 cm³/mol. The van der Waals surface area contributed by atoms with E-state index in [1.165, 1.54) is 29.8 Å². The predicted octanol–water partition coefficient (Wildman–Crippen LogP) is 1.24. The van der Waals surface area contributed by atoms with Crippen LogP contribution < -0.4 is 5.73 Å². The average Bonchev–Trinajstić information content (AvgIpc) is 2.79. The van der Waals surface area contributed by atoms with Gasteiger partial charge in [-0.25, -0.2) is 0 Å². The molecular weight excluding hydrogens is 162 g/mol. The maximum absolute atomic E-state index is 6.07. The van der Waals surface area contributed by atoms with Crippen LogP contribution in [0.5, 0.6) is 0 Å². The third kappa shape index (κ3) is 0.967. The molecule has 2 aliphatic carbocycles. The number of hydrogen-bond donors (Lipinski definition) is 1. The number of hydrogen-bond acceptors (Lipinski definition) is 2. The highest BCUT2D eigenvalue weighted by atomic mass is 15.3. The lowest BCUT2D eigenvalue weighted by atomic mass is 10.1. The number of nitrogens with zero attached hydrogens (tertiary/aromatic N) is 2. The summed E-state index contributed by atoms with van der Waals surface area (Å²) in [7, 11) is 2.05. The minimum atomic E-state index is 0.263. The summed E-state index contributed by atoms with van der Waals surface area (Å²) < 4.78 is 2.06. The molecule has 1 aromatic heterocycles. The van der Waals surface area contributed by atoms with Crippen LogP contribution in [0.4, 0.5) is 0 Å². The fourth-order valence-electron chi connectivity index (χ4n) is 2.48. The Morgan fingerprint density at radius 2 is 2.15 bits per heavy atom. The molecule has 1 atom stereocenters. The van der Waals surface area contributed by atoms with E-state index < -0.39 is 0 Å². The summed E-state index contributed by atoms with van der Waals surface area (Å²) in [5.74, 6) is 0.769. The molecule has 1 saturated carbocycles. The maximum Gasteiger partial charge on any atom is 0.0675 e. The Morgan fingerprint density at radius 1 is 1.38 bits per heavy atom. The van der Waals surface area contributed by atoms with Gasteiger partial charge in [0.25, 0.3) is 0 Å². The van der Waals surface area contributed by atoms with E-state index in [4.69, 9.17) is 5.73 Å². The molecule has 3 rings (SSSR count). The van der Waals surface area contributed by atoms with E-state index in [0.29, 0.717) is 0 Å². The van der Waals surface area contributed by atoms with Gasteiger partial charge in [-0.2, -0.15) is 5.10 Å². The number of aromatic nitrogens is 2. The molecule has 1 fully saturated rings. The van der Waals surface area contributed by atoms with Crippen molar-refractivity contribution in [3.05, 3.63) is 17.0 Å². The van der Waals surface area contributed by atoms with Crippen LogP contribution in [0.15, 0.2) is 0 Å². The second-order valence-corrected chi connectivity index (χ2v) is 4.29. The van der Waals surface area contributed by atoms with Gasteiger partial charge >= 0.3 is 0 Å². The van der Waals surface area contributed by atoms with Crippen molar-refractivity contribution < 1.29 is 0 Å². The van der Waals surface area contributed by atoms with E-state index in [-0.39, 0.29) is 6.04 Å². The number of fused-ring (bicyclic) bond motifs is 1. The minimum absolute atomic E-state index is 0.263. The zero-order valence-electron chi connectivity index (χ0n) is 7.95. The van der Waals surface area contributed by atoms with Crippen LogP contribution in [0.3, 0.4) is 0 Å². The molecule has 0 saturated heterocycles. The first-order valence-electron chi connectivity index (χ1n) is 5.08. The zero-order valence-corrected chi connectivity index (χ0v) is 7.95. The van der Waals surface area contributed by atoms with Gasteiger partial charge < -0.3 is 5.73 Å². The number of rotatable bonds is 1. The molecule has 1 heterocycles. The molecule has 13 heavy (non-hydrogen) atoms. The maximum atomic E-state index is 6.07. The van der Waals surface area contributed by atoms with E-state index >= 15 is 0 Å². The van der Waals surface area contributed by atoms with Gasteiger partial charge in [0.1, 0.15) is 0 Å². The van der Waals surface area contributed by atoms with Gasteiger partial charge in [0, 0.05) is 30.3 Å². The molecule has 0 radical (unpaired) electrons. The van der Waals surface area contributed by atoms with Crippen LogP contribution in [-0.2, 0) is 13.5 Å². The van der Waals surface area contributed by atoms with Gasteiger partial charge in [-0.05, 0) is 25.7 Å². The van der Waals surface area contributed by atoms with Crippen molar-refractivity contribution in [2.45, 2.75) is 37.6 Å². The fraction of sp³-hybridized carbons (Fsp3) is 0.700. The van der Waals surface area contributed by atoms with Gasteiger partial charge in [0.05, 0.1) is 5.69 Å². The first kappa shape index (κ1) is 7.56. The highest BCUT2D eigenvalue weighted by molar-refractivity contribution is 5.37. The molecule has 0 aliphatic heterocycles. The molecule has 2 N–H and O–H groups in total. The highest BCUT2D eigenvalue weighted by Crippen LogP contribution is 2.45. The van der Waals surface area contributed by atoms with E-state index in [0.717, 1.165) is 18.8 Å². The Balaban J connectivity index is 2.15. The van der Waals surface area contributed by atoms with Crippen molar-refractivity contribution in [3.63, 3.8) is 0 Å². The largest absolute Gasteiger partial charge is 0.324 e. The van der Waals surface area contributed by atoms with Crippen LogP contribution >= 0.6 is 0 Å². The van der Waals surface area contributed by atoms with Crippen molar-refractivity contribution in [1.82, 2.24) is 9.78 Å². The van der Waals surface area contributed by atoms with Crippen LogP contribution in [0.2, 0.25) is 0 Å². The lowest BCUT2D eigenvalue weighted by Gasteiger charge is -2.07. The lowest BCUT2D eigenvalue weighted by Crippen LogP contribution is -2.09. The first-order chi connectivity index (χ1) is 6.27. The Bertz CT molecular complexity index is 349. The molecule has 3 nitrogen and oxygen atoms in total. The SMILES string of the molecule is Cn1nc2c(c1C1CC1)C(N)CC2. The number of aryl methyl sites for hydroxylation is 2. The average molecular weight is 177 g/mol. The molecule has 1 aromatic rings. The van der Waals surface area contributed by atoms with E-state index in [2.05, 4.69) is 16.8 Å². The Hall–Kier alpha value is -0.830. The summed E-state index contributed by atoms with van der Waals surface area (Å²) in [5, 5.41) is 4.54. The molecule has 0 spiro atoms. The monoisotopic (exact) mass is 177 g/mol. The van der Waals surface area contributed by atoms with Crippen molar-refractivity contribution in [1.29, 1.82) is 0 Å². The van der Waals surface area contributed by atoms with Crippen LogP contribution in [0, 0.1) is 0 Å². The number of nitrogens with two attached hydrogens (primary N) is 1. The molecule has 70 valence electrons. The molecule has 1 unspecified atom stereocenters. The third-order valence-corrected chi connectivity index (χ3v) is 3.23.